The molecule has 1 heterocycles. The summed E-state index contributed by atoms with van der Waals surface area (Å²) in [6.07, 6.45) is 3.32. The van der Waals surface area contributed by atoms with Crippen LogP contribution in [0.1, 0.15) is 50.5 Å². The lowest BCUT2D eigenvalue weighted by molar-refractivity contribution is 0.0690. The number of hydrogen-bond acceptors (Lipinski definition) is 4. The molecular formula is C14H23N3O2. The number of nitrogens with two attached hydrogens (primary N) is 1. The molecule has 1 atom stereocenters. The van der Waals surface area contributed by atoms with Crippen LogP contribution < -0.4 is 11.1 Å². The zero-order valence-corrected chi connectivity index (χ0v) is 11.8. The number of aromatic carboxylic acids is 1. The van der Waals surface area contributed by atoms with E-state index in [2.05, 4.69) is 31.1 Å². The lowest BCUT2D eigenvalue weighted by Crippen LogP contribution is -2.18. The van der Waals surface area contributed by atoms with E-state index in [1.165, 1.54) is 12.5 Å². The van der Waals surface area contributed by atoms with Crippen LogP contribution in [0.15, 0.2) is 12.1 Å². The molecule has 4 N–H and O–H groups in total. The van der Waals surface area contributed by atoms with Crippen LogP contribution in [0.25, 0.3) is 0 Å². The van der Waals surface area contributed by atoms with Crippen molar-refractivity contribution in [2.75, 3.05) is 11.1 Å². The van der Waals surface area contributed by atoms with E-state index >= 15 is 0 Å². The number of pyridine rings is 1. The Hall–Kier alpha value is -1.78. The van der Waals surface area contributed by atoms with Crippen molar-refractivity contribution in [2.45, 2.75) is 46.1 Å². The van der Waals surface area contributed by atoms with Gasteiger partial charge in [-0.15, -0.1) is 0 Å². The molecule has 1 aromatic heterocycles. The van der Waals surface area contributed by atoms with E-state index in [1.807, 2.05) is 0 Å². The first kappa shape index (κ1) is 15.3. The number of nitrogens with zero attached hydrogens (tertiary/aromatic N) is 1. The first-order chi connectivity index (χ1) is 8.90. The van der Waals surface area contributed by atoms with E-state index in [0.717, 1.165) is 12.8 Å². The van der Waals surface area contributed by atoms with Gasteiger partial charge < -0.3 is 16.2 Å². The van der Waals surface area contributed by atoms with Crippen molar-refractivity contribution in [2.24, 2.45) is 5.92 Å². The first-order valence-electron chi connectivity index (χ1n) is 6.66. The lowest BCUT2D eigenvalue weighted by atomic mass is 10.0. The molecule has 0 bridgehead atoms. The minimum absolute atomic E-state index is 0.00563. The molecule has 0 spiro atoms. The molecule has 5 heteroatoms. The highest BCUT2D eigenvalue weighted by Crippen LogP contribution is 2.18. The van der Waals surface area contributed by atoms with E-state index < -0.39 is 5.97 Å². The predicted octanol–water partition coefficient (Wildman–Crippen LogP) is 2.99. The van der Waals surface area contributed by atoms with Crippen LogP contribution in [-0.4, -0.2) is 22.1 Å². The highest BCUT2D eigenvalue weighted by molar-refractivity contribution is 5.86. The molecule has 0 aliphatic carbocycles. The molecular weight excluding hydrogens is 242 g/mol. The average Bonchev–Trinajstić information content (AvgIpc) is 2.31. The molecule has 1 rings (SSSR count). The molecule has 5 nitrogen and oxygen atoms in total. The topological polar surface area (TPSA) is 88.2 Å². The van der Waals surface area contributed by atoms with Crippen LogP contribution in [0, 0.1) is 5.92 Å². The molecule has 0 saturated heterocycles. The standard InChI is InChI=1S/C14H23N3O2/c1-9(2)5-4-6-10(3)16-13-11(15)7-8-12(17-13)14(18)19/h7-10H,4-6,15H2,1-3H3,(H,16,17)(H,18,19). The Kier molecular flexibility index (Phi) is 5.60. The molecule has 0 aliphatic rings. The number of hydrogen-bond donors (Lipinski definition) is 3. The number of aromatic nitrogens is 1. The van der Waals surface area contributed by atoms with Crippen molar-refractivity contribution in [1.29, 1.82) is 0 Å². The van der Waals surface area contributed by atoms with Crippen molar-refractivity contribution in [3.05, 3.63) is 17.8 Å². The third-order valence-electron chi connectivity index (χ3n) is 2.95. The summed E-state index contributed by atoms with van der Waals surface area (Å²) < 4.78 is 0. The summed E-state index contributed by atoms with van der Waals surface area (Å²) in [6.45, 7) is 6.46. The van der Waals surface area contributed by atoms with Gasteiger partial charge in [-0.2, -0.15) is 0 Å². The van der Waals surface area contributed by atoms with Gasteiger partial charge in [0.25, 0.3) is 0 Å². The Balaban J connectivity index is 2.60. The number of carboxylic acids is 1. The van der Waals surface area contributed by atoms with Crippen molar-refractivity contribution in [3.63, 3.8) is 0 Å². The summed E-state index contributed by atoms with van der Waals surface area (Å²) in [6, 6.07) is 3.20. The second-order valence-electron chi connectivity index (χ2n) is 5.31. The van der Waals surface area contributed by atoms with Crippen LogP contribution >= 0.6 is 0 Å². The largest absolute Gasteiger partial charge is 0.477 e. The van der Waals surface area contributed by atoms with Gasteiger partial charge in [0.15, 0.2) is 5.69 Å². The highest BCUT2D eigenvalue weighted by Gasteiger charge is 2.11. The first-order valence-corrected chi connectivity index (χ1v) is 6.66. The fourth-order valence-electron chi connectivity index (χ4n) is 1.84. The Morgan fingerprint density at radius 3 is 2.63 bits per heavy atom. The number of carbonyl (C=O) groups is 1. The maximum absolute atomic E-state index is 10.9. The molecule has 1 aromatic rings. The van der Waals surface area contributed by atoms with Crippen LogP contribution in [0.3, 0.4) is 0 Å². The van der Waals surface area contributed by atoms with E-state index in [1.54, 1.807) is 6.07 Å². The van der Waals surface area contributed by atoms with Crippen molar-refractivity contribution < 1.29 is 9.90 Å². The second kappa shape index (κ2) is 6.97. The van der Waals surface area contributed by atoms with E-state index in [-0.39, 0.29) is 11.7 Å². The molecule has 0 saturated carbocycles. The van der Waals surface area contributed by atoms with Crippen molar-refractivity contribution in [1.82, 2.24) is 4.98 Å². The fourth-order valence-corrected chi connectivity index (χ4v) is 1.84. The highest BCUT2D eigenvalue weighted by atomic mass is 16.4. The zero-order chi connectivity index (χ0) is 14.4. The summed E-state index contributed by atoms with van der Waals surface area (Å²) in [5.41, 5.74) is 6.28. The van der Waals surface area contributed by atoms with E-state index in [0.29, 0.717) is 17.4 Å². The Morgan fingerprint density at radius 1 is 1.37 bits per heavy atom. The minimum Gasteiger partial charge on any atom is -0.477 e. The van der Waals surface area contributed by atoms with Gasteiger partial charge >= 0.3 is 5.97 Å². The van der Waals surface area contributed by atoms with Gasteiger partial charge in [-0.05, 0) is 31.4 Å². The molecule has 0 fully saturated rings. The van der Waals surface area contributed by atoms with Crippen molar-refractivity contribution >= 4 is 17.5 Å². The summed E-state index contributed by atoms with van der Waals surface area (Å²) in [5, 5.41) is 12.1. The van der Waals surface area contributed by atoms with E-state index in [4.69, 9.17) is 10.8 Å². The summed E-state index contributed by atoms with van der Waals surface area (Å²) in [7, 11) is 0. The zero-order valence-electron chi connectivity index (χ0n) is 11.8. The minimum atomic E-state index is -1.05. The monoisotopic (exact) mass is 265 g/mol. The van der Waals surface area contributed by atoms with Crippen LogP contribution in [-0.2, 0) is 0 Å². The molecule has 106 valence electrons. The molecule has 1 unspecified atom stereocenters. The fraction of sp³-hybridized carbons (Fsp3) is 0.571. The normalized spacial score (nSPS) is 12.4. The van der Waals surface area contributed by atoms with E-state index in [9.17, 15) is 4.79 Å². The smallest absolute Gasteiger partial charge is 0.354 e. The Labute approximate surface area is 114 Å². The summed E-state index contributed by atoms with van der Waals surface area (Å²) in [4.78, 5) is 14.9. The van der Waals surface area contributed by atoms with Gasteiger partial charge in [-0.3, -0.25) is 0 Å². The van der Waals surface area contributed by atoms with Gasteiger partial charge in [0.1, 0.15) is 5.82 Å². The van der Waals surface area contributed by atoms with Gasteiger partial charge in [0.05, 0.1) is 5.69 Å². The third-order valence-corrected chi connectivity index (χ3v) is 2.95. The Bertz CT molecular complexity index is 433. The average molecular weight is 265 g/mol. The molecule has 0 aromatic carbocycles. The second-order valence-corrected chi connectivity index (χ2v) is 5.31. The molecule has 19 heavy (non-hydrogen) atoms. The number of anilines is 2. The maximum atomic E-state index is 10.9. The molecule has 0 aliphatic heterocycles. The van der Waals surface area contributed by atoms with Gasteiger partial charge in [0.2, 0.25) is 0 Å². The quantitative estimate of drug-likeness (QED) is 0.705. The number of nitrogen functional groups attached to an aromatic ring is 1. The molecule has 0 radical (unpaired) electrons. The SMILES string of the molecule is CC(C)CCCC(C)Nc1nc(C(=O)O)ccc1N. The van der Waals surface area contributed by atoms with Crippen LogP contribution in [0.4, 0.5) is 11.5 Å². The molecule has 0 amide bonds. The predicted molar refractivity (Wildman–Crippen MR) is 77.4 cm³/mol. The summed E-state index contributed by atoms with van der Waals surface area (Å²) >= 11 is 0. The Morgan fingerprint density at radius 2 is 2.05 bits per heavy atom. The summed E-state index contributed by atoms with van der Waals surface area (Å²) in [5.74, 6) is 0.109. The number of rotatable bonds is 7. The van der Waals surface area contributed by atoms with Crippen molar-refractivity contribution in [3.8, 4) is 0 Å². The third kappa shape index (κ3) is 5.16. The number of nitrogens with one attached hydrogen (secondary N) is 1. The van der Waals surface area contributed by atoms with Gasteiger partial charge in [0, 0.05) is 6.04 Å². The van der Waals surface area contributed by atoms with Gasteiger partial charge in [-0.1, -0.05) is 26.7 Å². The lowest BCUT2D eigenvalue weighted by Gasteiger charge is -2.16. The number of carboxylic acid groups (broad SMARTS) is 1. The van der Waals surface area contributed by atoms with Crippen LogP contribution in [0.5, 0.6) is 0 Å². The van der Waals surface area contributed by atoms with Crippen LogP contribution in [0.2, 0.25) is 0 Å². The van der Waals surface area contributed by atoms with Gasteiger partial charge in [-0.25, -0.2) is 9.78 Å². The maximum Gasteiger partial charge on any atom is 0.354 e.